The zero-order valence-corrected chi connectivity index (χ0v) is 14.5. The highest BCUT2D eigenvalue weighted by Crippen LogP contribution is 2.32. The Bertz CT molecular complexity index is 872. The highest BCUT2D eigenvalue weighted by Gasteiger charge is 2.26. The molecular weight excluding hydrogens is 347 g/mol. The number of halogens is 2. The molecule has 0 saturated carbocycles. The minimum Gasteiger partial charge on any atom is -0.356 e. The summed E-state index contributed by atoms with van der Waals surface area (Å²) in [5.41, 5.74) is 3.04. The van der Waals surface area contributed by atoms with Gasteiger partial charge in [-0.15, -0.1) is 0 Å². The van der Waals surface area contributed by atoms with E-state index in [4.69, 9.17) is 27.7 Å². The summed E-state index contributed by atoms with van der Waals surface area (Å²) in [6.45, 7) is 3.32. The first kappa shape index (κ1) is 15.4. The first-order chi connectivity index (χ1) is 11.6. The molecule has 4 rings (SSSR count). The molecule has 0 atom stereocenters. The third kappa shape index (κ3) is 2.85. The molecule has 3 heterocycles. The molecule has 0 aliphatic carbocycles. The molecule has 1 aliphatic rings. The number of anilines is 1. The molecule has 1 aliphatic heterocycles. The Balaban J connectivity index is 1.69. The quantitative estimate of drug-likeness (QED) is 0.637. The zero-order valence-electron chi connectivity index (χ0n) is 13.0. The van der Waals surface area contributed by atoms with Gasteiger partial charge < -0.3 is 9.42 Å². The van der Waals surface area contributed by atoms with Crippen LogP contribution in [0.5, 0.6) is 0 Å². The summed E-state index contributed by atoms with van der Waals surface area (Å²) in [7, 11) is 0. The fourth-order valence-corrected chi connectivity index (χ4v) is 3.26. The van der Waals surface area contributed by atoms with E-state index in [-0.39, 0.29) is 0 Å². The molecule has 2 aromatic heterocycles. The third-order valence-electron chi connectivity index (χ3n) is 4.06. The van der Waals surface area contributed by atoms with E-state index in [1.807, 2.05) is 31.2 Å². The van der Waals surface area contributed by atoms with E-state index in [1.54, 1.807) is 6.07 Å². The average molecular weight is 361 g/mol. The van der Waals surface area contributed by atoms with Crippen LogP contribution in [0.15, 0.2) is 34.9 Å². The summed E-state index contributed by atoms with van der Waals surface area (Å²) in [6, 6.07) is 9.36. The van der Waals surface area contributed by atoms with E-state index in [0.717, 1.165) is 41.4 Å². The van der Waals surface area contributed by atoms with Crippen molar-refractivity contribution in [1.82, 2.24) is 15.1 Å². The number of hydrogen-bond donors (Lipinski definition) is 0. The van der Waals surface area contributed by atoms with Gasteiger partial charge in [0.1, 0.15) is 16.8 Å². The Morgan fingerprint density at radius 1 is 1.12 bits per heavy atom. The van der Waals surface area contributed by atoms with Crippen molar-refractivity contribution in [3.05, 3.63) is 57.6 Å². The van der Waals surface area contributed by atoms with Crippen molar-refractivity contribution < 1.29 is 4.52 Å². The lowest BCUT2D eigenvalue weighted by molar-refractivity contribution is 0.424. The maximum Gasteiger partial charge on any atom is 0.172 e. The van der Waals surface area contributed by atoms with Crippen LogP contribution in [-0.2, 0) is 13.0 Å². The normalized spacial score (nSPS) is 13.9. The molecule has 0 amide bonds. The lowest BCUT2D eigenvalue weighted by Gasteiger charge is -2.27. The summed E-state index contributed by atoms with van der Waals surface area (Å²) in [6.07, 6.45) is 0.799. The van der Waals surface area contributed by atoms with Crippen LogP contribution in [0.4, 0.5) is 5.82 Å². The summed E-state index contributed by atoms with van der Waals surface area (Å²) in [5.74, 6) is 2.26. The van der Waals surface area contributed by atoms with Gasteiger partial charge in [0.2, 0.25) is 0 Å². The predicted octanol–water partition coefficient (Wildman–Crippen LogP) is 4.31. The number of hydrogen-bond acceptors (Lipinski definition) is 5. The van der Waals surface area contributed by atoms with E-state index in [9.17, 15) is 0 Å². The highest BCUT2D eigenvalue weighted by atomic mass is 35.5. The van der Waals surface area contributed by atoms with Gasteiger partial charge in [-0.05, 0) is 31.2 Å². The van der Waals surface area contributed by atoms with Crippen LogP contribution >= 0.6 is 23.2 Å². The van der Waals surface area contributed by atoms with Gasteiger partial charge in [-0.1, -0.05) is 28.4 Å². The molecule has 0 bridgehead atoms. The van der Waals surface area contributed by atoms with E-state index in [0.29, 0.717) is 22.5 Å². The first-order valence-corrected chi connectivity index (χ1v) is 8.35. The Morgan fingerprint density at radius 3 is 2.67 bits per heavy atom. The van der Waals surface area contributed by atoms with Crippen molar-refractivity contribution in [2.45, 2.75) is 19.9 Å². The molecule has 0 N–H and O–H groups in total. The number of rotatable bonds is 2. The van der Waals surface area contributed by atoms with Crippen LogP contribution < -0.4 is 4.90 Å². The SMILES string of the molecule is Cc1nc(Cl)cc(N2CCc3noc(-c4ccc(Cl)cc4)c3C2)n1. The number of nitrogens with zero attached hydrogens (tertiary/aromatic N) is 4. The van der Waals surface area contributed by atoms with Crippen LogP contribution in [0.25, 0.3) is 11.3 Å². The second-order valence-corrected chi connectivity index (χ2v) is 6.54. The molecule has 7 heteroatoms. The van der Waals surface area contributed by atoms with Gasteiger partial charge in [0.05, 0.1) is 12.2 Å². The van der Waals surface area contributed by atoms with Gasteiger partial charge >= 0.3 is 0 Å². The van der Waals surface area contributed by atoms with Crippen molar-refractivity contribution in [3.63, 3.8) is 0 Å². The van der Waals surface area contributed by atoms with Crippen LogP contribution in [-0.4, -0.2) is 21.7 Å². The van der Waals surface area contributed by atoms with Crippen LogP contribution in [0.3, 0.4) is 0 Å². The molecule has 122 valence electrons. The largest absolute Gasteiger partial charge is 0.356 e. The molecule has 3 aromatic rings. The smallest absolute Gasteiger partial charge is 0.172 e. The lowest BCUT2D eigenvalue weighted by Crippen LogP contribution is -2.31. The fourth-order valence-electron chi connectivity index (χ4n) is 2.91. The second-order valence-electron chi connectivity index (χ2n) is 5.71. The van der Waals surface area contributed by atoms with Gasteiger partial charge in [-0.25, -0.2) is 9.97 Å². The molecule has 5 nitrogen and oxygen atoms in total. The van der Waals surface area contributed by atoms with Crippen LogP contribution in [0.2, 0.25) is 10.2 Å². The van der Waals surface area contributed by atoms with Crippen molar-refractivity contribution in [2.75, 3.05) is 11.4 Å². The summed E-state index contributed by atoms with van der Waals surface area (Å²) in [4.78, 5) is 10.8. The predicted molar refractivity (Wildman–Crippen MR) is 93.5 cm³/mol. The number of aryl methyl sites for hydroxylation is 1. The van der Waals surface area contributed by atoms with Crippen LogP contribution in [0.1, 0.15) is 17.1 Å². The Labute approximate surface area is 149 Å². The maximum atomic E-state index is 6.07. The third-order valence-corrected chi connectivity index (χ3v) is 4.51. The second kappa shape index (κ2) is 6.07. The van der Waals surface area contributed by atoms with Crippen LogP contribution in [0, 0.1) is 6.92 Å². The minimum absolute atomic E-state index is 0.451. The Hall–Kier alpha value is -2.11. The highest BCUT2D eigenvalue weighted by molar-refractivity contribution is 6.30. The monoisotopic (exact) mass is 360 g/mol. The van der Waals surface area contributed by atoms with Crippen molar-refractivity contribution >= 4 is 29.0 Å². The van der Waals surface area contributed by atoms with E-state index in [2.05, 4.69) is 20.0 Å². The number of aromatic nitrogens is 3. The lowest BCUT2D eigenvalue weighted by atomic mass is 10.0. The van der Waals surface area contributed by atoms with E-state index >= 15 is 0 Å². The molecule has 0 fully saturated rings. The molecule has 24 heavy (non-hydrogen) atoms. The summed E-state index contributed by atoms with van der Waals surface area (Å²) in [5, 5.41) is 5.37. The standard InChI is InChI=1S/C17H14Cl2N4O/c1-10-20-15(19)8-16(21-10)23-7-6-14-13(9-23)17(24-22-14)11-2-4-12(18)5-3-11/h2-5,8H,6-7,9H2,1H3. The maximum absolute atomic E-state index is 6.07. The van der Waals surface area contributed by atoms with Gasteiger partial charge in [0.15, 0.2) is 5.76 Å². The first-order valence-electron chi connectivity index (χ1n) is 7.59. The van der Waals surface area contributed by atoms with Gasteiger partial charge in [-0.3, -0.25) is 0 Å². The van der Waals surface area contributed by atoms with E-state index < -0.39 is 0 Å². The van der Waals surface area contributed by atoms with Gasteiger partial charge in [0.25, 0.3) is 0 Å². The number of benzene rings is 1. The number of fused-ring (bicyclic) bond motifs is 1. The zero-order chi connectivity index (χ0) is 16.7. The van der Waals surface area contributed by atoms with E-state index in [1.165, 1.54) is 0 Å². The van der Waals surface area contributed by atoms with Gasteiger partial charge in [0, 0.05) is 35.2 Å². The van der Waals surface area contributed by atoms with Crippen molar-refractivity contribution in [2.24, 2.45) is 0 Å². The molecular formula is C17H14Cl2N4O. The van der Waals surface area contributed by atoms with Gasteiger partial charge in [-0.2, -0.15) is 0 Å². The van der Waals surface area contributed by atoms with Crippen molar-refractivity contribution in [1.29, 1.82) is 0 Å². The molecule has 0 saturated heterocycles. The fraction of sp³-hybridized carbons (Fsp3) is 0.235. The average Bonchev–Trinajstić information content (AvgIpc) is 2.98. The molecule has 0 radical (unpaired) electrons. The van der Waals surface area contributed by atoms with Crippen molar-refractivity contribution in [3.8, 4) is 11.3 Å². The summed E-state index contributed by atoms with van der Waals surface area (Å²) < 4.78 is 5.60. The Morgan fingerprint density at radius 2 is 1.92 bits per heavy atom. The summed E-state index contributed by atoms with van der Waals surface area (Å²) >= 11 is 12.0. The molecule has 0 unspecified atom stereocenters. The molecule has 0 spiro atoms. The topological polar surface area (TPSA) is 55.1 Å². The Kier molecular flexibility index (Phi) is 3.90. The molecule has 1 aromatic carbocycles. The minimum atomic E-state index is 0.451.